The van der Waals surface area contributed by atoms with Crippen LogP contribution in [0.15, 0.2) is 48.5 Å². The number of carbonyl (C=O) groups is 2. The molecule has 0 spiro atoms. The number of cyclic esters (lactones) is 1. The largest absolute Gasteiger partial charge is 0.490 e. The molecule has 2 amide bonds. The van der Waals surface area contributed by atoms with E-state index in [1.807, 2.05) is 0 Å². The number of rotatable bonds is 6. The first kappa shape index (κ1) is 19.2. The second-order valence-electron chi connectivity index (χ2n) is 6.62. The summed E-state index contributed by atoms with van der Waals surface area (Å²) >= 11 is 0. The van der Waals surface area contributed by atoms with Gasteiger partial charge in [0.25, 0.3) is 5.91 Å². The summed E-state index contributed by atoms with van der Waals surface area (Å²) in [5, 5.41) is 7.52. The average Bonchev–Trinajstić information content (AvgIpc) is 3.06. The van der Waals surface area contributed by atoms with Gasteiger partial charge in [0.1, 0.15) is 18.2 Å². The Kier molecular flexibility index (Phi) is 5.49. The highest BCUT2D eigenvalue weighted by molar-refractivity contribution is 5.97. The molecule has 146 valence electrons. The van der Waals surface area contributed by atoms with Gasteiger partial charge in [0.05, 0.1) is 6.54 Å². The smallest absolute Gasteiger partial charge is 0.414 e. The zero-order valence-electron chi connectivity index (χ0n) is 15.7. The molecule has 1 saturated heterocycles. The van der Waals surface area contributed by atoms with E-state index in [0.717, 1.165) is 0 Å². The Morgan fingerprint density at radius 3 is 2.68 bits per heavy atom. The van der Waals surface area contributed by atoms with Crippen molar-refractivity contribution >= 4 is 23.5 Å². The molecule has 1 atom stereocenters. The summed E-state index contributed by atoms with van der Waals surface area (Å²) in [6.07, 6.45) is -0.937. The molecule has 1 aliphatic rings. The van der Waals surface area contributed by atoms with Crippen molar-refractivity contribution in [3.05, 3.63) is 59.7 Å². The van der Waals surface area contributed by atoms with E-state index in [4.69, 9.17) is 20.6 Å². The fourth-order valence-corrected chi connectivity index (χ4v) is 2.83. The van der Waals surface area contributed by atoms with Gasteiger partial charge in [-0.05, 0) is 30.3 Å². The number of amides is 2. The van der Waals surface area contributed by atoms with Crippen LogP contribution in [0.3, 0.4) is 0 Å². The van der Waals surface area contributed by atoms with Crippen LogP contribution in [0.25, 0.3) is 0 Å². The van der Waals surface area contributed by atoms with Crippen molar-refractivity contribution in [2.75, 3.05) is 32.1 Å². The number of anilines is 1. The molecule has 1 heterocycles. The monoisotopic (exact) mass is 382 g/mol. The van der Waals surface area contributed by atoms with E-state index in [-0.39, 0.29) is 18.3 Å². The van der Waals surface area contributed by atoms with E-state index in [1.54, 1.807) is 62.6 Å². The molecule has 3 rings (SSSR count). The van der Waals surface area contributed by atoms with Crippen LogP contribution in [0.5, 0.6) is 5.75 Å². The first-order valence-electron chi connectivity index (χ1n) is 8.72. The molecule has 0 saturated carbocycles. The number of nitrogen functional groups attached to an aromatic ring is 1. The second-order valence-corrected chi connectivity index (χ2v) is 6.62. The number of benzene rings is 2. The van der Waals surface area contributed by atoms with Crippen molar-refractivity contribution in [2.45, 2.75) is 6.10 Å². The van der Waals surface area contributed by atoms with Gasteiger partial charge in [0.2, 0.25) is 0 Å². The minimum Gasteiger partial charge on any atom is -0.490 e. The summed E-state index contributed by atoms with van der Waals surface area (Å²) in [4.78, 5) is 27.2. The van der Waals surface area contributed by atoms with Crippen molar-refractivity contribution in [3.63, 3.8) is 0 Å². The third kappa shape index (κ3) is 4.22. The van der Waals surface area contributed by atoms with Crippen LogP contribution in [-0.4, -0.2) is 56.1 Å². The summed E-state index contributed by atoms with van der Waals surface area (Å²) in [6.45, 7) is 0.477. The normalized spacial score (nSPS) is 15.9. The lowest BCUT2D eigenvalue weighted by atomic mass is 10.1. The van der Waals surface area contributed by atoms with Crippen molar-refractivity contribution in [3.8, 4) is 5.75 Å². The van der Waals surface area contributed by atoms with E-state index in [1.165, 1.54) is 9.80 Å². The molecule has 8 nitrogen and oxygen atoms in total. The van der Waals surface area contributed by atoms with E-state index in [2.05, 4.69) is 0 Å². The maximum atomic E-state index is 12.2. The Balaban J connectivity index is 1.64. The number of nitrogens with two attached hydrogens (primary N) is 1. The highest BCUT2D eigenvalue weighted by atomic mass is 16.6. The predicted octanol–water partition coefficient (Wildman–Crippen LogP) is 2.08. The summed E-state index contributed by atoms with van der Waals surface area (Å²) in [7, 11) is 3.37. The second kappa shape index (κ2) is 7.99. The number of hydrogen-bond acceptors (Lipinski definition) is 5. The van der Waals surface area contributed by atoms with Gasteiger partial charge in [0, 0.05) is 30.9 Å². The third-order valence-corrected chi connectivity index (χ3v) is 4.27. The molecule has 8 heteroatoms. The summed E-state index contributed by atoms with van der Waals surface area (Å²) in [5.74, 6) is 0.344. The summed E-state index contributed by atoms with van der Waals surface area (Å²) in [5.41, 5.74) is 7.18. The highest BCUT2D eigenvalue weighted by Gasteiger charge is 2.33. The Hall–Kier alpha value is -3.55. The average molecular weight is 382 g/mol. The third-order valence-electron chi connectivity index (χ3n) is 4.27. The lowest BCUT2D eigenvalue weighted by Crippen LogP contribution is -2.27. The standard InChI is InChI=1S/C20H22N4O4/c1-23(2)19(25)14-6-4-8-16(10-14)27-12-17-11-24(20(26)28-17)15-7-3-5-13(9-15)18(21)22/h3-10,17H,11-12H2,1-2H3,(H3,21,22). The topological polar surface area (TPSA) is 109 Å². The van der Waals surface area contributed by atoms with Crippen molar-refractivity contribution in [1.29, 1.82) is 5.41 Å². The van der Waals surface area contributed by atoms with Crippen LogP contribution >= 0.6 is 0 Å². The number of ether oxygens (including phenoxy) is 2. The van der Waals surface area contributed by atoms with Crippen LogP contribution in [-0.2, 0) is 4.74 Å². The molecule has 1 unspecified atom stereocenters. The number of carbonyl (C=O) groups excluding carboxylic acids is 2. The summed E-state index contributed by atoms with van der Waals surface area (Å²) in [6, 6.07) is 13.7. The number of amidine groups is 1. The first-order chi connectivity index (χ1) is 13.3. The zero-order valence-corrected chi connectivity index (χ0v) is 15.7. The Morgan fingerprint density at radius 1 is 1.25 bits per heavy atom. The van der Waals surface area contributed by atoms with E-state index in [9.17, 15) is 9.59 Å². The van der Waals surface area contributed by atoms with Crippen LogP contribution in [0.4, 0.5) is 10.5 Å². The highest BCUT2D eigenvalue weighted by Crippen LogP contribution is 2.23. The first-order valence-corrected chi connectivity index (χ1v) is 8.72. The molecule has 2 aromatic carbocycles. The van der Waals surface area contributed by atoms with Gasteiger partial charge in [-0.15, -0.1) is 0 Å². The van der Waals surface area contributed by atoms with Gasteiger partial charge >= 0.3 is 6.09 Å². The van der Waals surface area contributed by atoms with Gasteiger partial charge in [-0.1, -0.05) is 18.2 Å². The van der Waals surface area contributed by atoms with Crippen LogP contribution in [0, 0.1) is 5.41 Å². The lowest BCUT2D eigenvalue weighted by molar-refractivity contribution is 0.0827. The molecule has 3 N–H and O–H groups in total. The lowest BCUT2D eigenvalue weighted by Gasteiger charge is -2.14. The maximum Gasteiger partial charge on any atom is 0.414 e. The zero-order chi connectivity index (χ0) is 20.3. The SMILES string of the molecule is CN(C)C(=O)c1cccc(OCC2CN(c3cccc(C(=N)N)c3)C(=O)O2)c1. The van der Waals surface area contributed by atoms with Crippen molar-refractivity contribution < 1.29 is 19.1 Å². The molecule has 1 fully saturated rings. The van der Waals surface area contributed by atoms with E-state index >= 15 is 0 Å². The molecule has 2 aromatic rings. The molecular formula is C20H22N4O4. The maximum absolute atomic E-state index is 12.2. The molecular weight excluding hydrogens is 360 g/mol. The predicted molar refractivity (Wildman–Crippen MR) is 105 cm³/mol. The van der Waals surface area contributed by atoms with Gasteiger partial charge < -0.3 is 20.1 Å². The quantitative estimate of drug-likeness (QED) is 0.587. The fraction of sp³-hybridized carbons (Fsp3) is 0.250. The molecule has 0 radical (unpaired) electrons. The minimum atomic E-state index is -0.481. The van der Waals surface area contributed by atoms with Crippen molar-refractivity contribution in [2.24, 2.45) is 5.73 Å². The van der Waals surface area contributed by atoms with Crippen LogP contribution < -0.4 is 15.4 Å². The van der Waals surface area contributed by atoms with Gasteiger partial charge in [0.15, 0.2) is 6.10 Å². The molecule has 0 aliphatic carbocycles. The van der Waals surface area contributed by atoms with Gasteiger partial charge in [-0.3, -0.25) is 15.1 Å². The van der Waals surface area contributed by atoms with Crippen LogP contribution in [0.1, 0.15) is 15.9 Å². The molecule has 28 heavy (non-hydrogen) atoms. The fourth-order valence-electron chi connectivity index (χ4n) is 2.83. The van der Waals surface area contributed by atoms with Gasteiger partial charge in [-0.2, -0.15) is 0 Å². The van der Waals surface area contributed by atoms with E-state index < -0.39 is 12.2 Å². The number of nitrogens with one attached hydrogen (secondary N) is 1. The molecule has 0 aromatic heterocycles. The van der Waals surface area contributed by atoms with E-state index in [0.29, 0.717) is 29.1 Å². The Bertz CT molecular complexity index is 913. The molecule has 1 aliphatic heterocycles. The van der Waals surface area contributed by atoms with Crippen LogP contribution in [0.2, 0.25) is 0 Å². The summed E-state index contributed by atoms with van der Waals surface area (Å²) < 4.78 is 11.1. The minimum absolute atomic E-state index is 0.0681. The van der Waals surface area contributed by atoms with Gasteiger partial charge in [-0.25, -0.2) is 4.79 Å². The number of nitrogens with zero attached hydrogens (tertiary/aromatic N) is 2. The van der Waals surface area contributed by atoms with Crippen molar-refractivity contribution in [1.82, 2.24) is 4.90 Å². The Morgan fingerprint density at radius 2 is 1.96 bits per heavy atom. The number of hydrogen-bond donors (Lipinski definition) is 2. The Labute approximate surface area is 162 Å². The molecule has 0 bridgehead atoms.